The van der Waals surface area contributed by atoms with Gasteiger partial charge < -0.3 is 10.8 Å². The van der Waals surface area contributed by atoms with Crippen LogP contribution in [0.1, 0.15) is 17.5 Å². The first-order chi connectivity index (χ1) is 6.24. The van der Waals surface area contributed by atoms with Crippen LogP contribution in [0.25, 0.3) is 0 Å². The van der Waals surface area contributed by atoms with E-state index >= 15 is 0 Å². The molecule has 1 aromatic carbocycles. The molecule has 0 saturated carbocycles. The van der Waals surface area contributed by atoms with E-state index in [1.165, 1.54) is 0 Å². The predicted octanol–water partition coefficient (Wildman–Crippen LogP) is 1.31. The van der Waals surface area contributed by atoms with Gasteiger partial charge in [0.05, 0.1) is 6.61 Å². The molecule has 1 rings (SSSR count). The third kappa shape index (κ3) is 2.81. The molecule has 0 aliphatic heterocycles. The molecule has 2 heteroatoms. The molecule has 0 saturated heterocycles. The number of benzene rings is 1. The summed E-state index contributed by atoms with van der Waals surface area (Å²) in [6, 6.07) is 5.76. The molecule has 0 atom stereocenters. The van der Waals surface area contributed by atoms with Gasteiger partial charge in [-0.3, -0.25) is 0 Å². The molecule has 1 aromatic rings. The van der Waals surface area contributed by atoms with Gasteiger partial charge in [-0.25, -0.2) is 0 Å². The van der Waals surface area contributed by atoms with Crippen LogP contribution in [0.2, 0.25) is 0 Å². The van der Waals surface area contributed by atoms with E-state index in [2.05, 4.69) is 11.8 Å². The third-order valence-corrected chi connectivity index (χ3v) is 1.67. The first-order valence-corrected chi connectivity index (χ1v) is 4.20. The van der Waals surface area contributed by atoms with Gasteiger partial charge in [0.2, 0.25) is 0 Å². The lowest BCUT2D eigenvalue weighted by Crippen LogP contribution is -1.90. The summed E-state index contributed by atoms with van der Waals surface area (Å²) in [7, 11) is 0. The van der Waals surface area contributed by atoms with E-state index in [1.807, 2.05) is 25.1 Å². The monoisotopic (exact) mass is 175 g/mol. The van der Waals surface area contributed by atoms with E-state index < -0.39 is 0 Å². The Kier molecular flexibility index (Phi) is 3.36. The summed E-state index contributed by atoms with van der Waals surface area (Å²) in [5.41, 5.74) is 8.40. The zero-order chi connectivity index (χ0) is 9.68. The van der Waals surface area contributed by atoms with Crippen molar-refractivity contribution in [2.75, 3.05) is 12.3 Å². The van der Waals surface area contributed by atoms with Gasteiger partial charge in [0.1, 0.15) is 0 Å². The molecule has 0 aromatic heterocycles. The second kappa shape index (κ2) is 4.54. The highest BCUT2D eigenvalue weighted by molar-refractivity contribution is 5.57. The van der Waals surface area contributed by atoms with Crippen LogP contribution in [-0.2, 0) is 0 Å². The Bertz CT molecular complexity index is 347. The SMILES string of the molecule is Cc1ccc(C#CCCO)c(N)c1. The number of nitrogens with two attached hydrogens (primary N) is 1. The highest BCUT2D eigenvalue weighted by atomic mass is 16.2. The summed E-state index contributed by atoms with van der Waals surface area (Å²) in [5.74, 6) is 5.74. The average molecular weight is 175 g/mol. The Morgan fingerprint density at radius 3 is 2.85 bits per heavy atom. The Balaban J connectivity index is 2.85. The Morgan fingerprint density at radius 2 is 2.23 bits per heavy atom. The van der Waals surface area contributed by atoms with Crippen LogP contribution in [0.5, 0.6) is 0 Å². The van der Waals surface area contributed by atoms with Gasteiger partial charge in [0.25, 0.3) is 0 Å². The summed E-state index contributed by atoms with van der Waals surface area (Å²) in [6.07, 6.45) is 0.493. The van der Waals surface area contributed by atoms with Gasteiger partial charge in [-0.2, -0.15) is 0 Å². The Hall–Kier alpha value is -1.46. The first kappa shape index (κ1) is 9.63. The molecule has 0 radical (unpaired) electrons. The molecule has 0 bridgehead atoms. The summed E-state index contributed by atoms with van der Waals surface area (Å²) in [4.78, 5) is 0. The lowest BCUT2D eigenvalue weighted by Gasteiger charge is -1.98. The largest absolute Gasteiger partial charge is 0.398 e. The zero-order valence-corrected chi connectivity index (χ0v) is 7.67. The molecular formula is C11H13NO. The van der Waals surface area contributed by atoms with E-state index in [-0.39, 0.29) is 6.61 Å². The van der Waals surface area contributed by atoms with Crippen LogP contribution < -0.4 is 5.73 Å². The van der Waals surface area contributed by atoms with Crippen LogP contribution in [0, 0.1) is 18.8 Å². The standard InChI is InChI=1S/C11H13NO/c1-9-5-6-10(11(12)8-9)4-2-3-7-13/h5-6,8,13H,3,7,12H2,1H3. The lowest BCUT2D eigenvalue weighted by molar-refractivity contribution is 0.305. The highest BCUT2D eigenvalue weighted by Gasteiger charge is 1.93. The third-order valence-electron chi connectivity index (χ3n) is 1.67. The molecule has 0 unspecified atom stereocenters. The van der Waals surface area contributed by atoms with Crippen molar-refractivity contribution < 1.29 is 5.11 Å². The number of rotatable bonds is 1. The smallest absolute Gasteiger partial charge is 0.0540 e. The molecule has 0 aliphatic carbocycles. The van der Waals surface area contributed by atoms with Crippen molar-refractivity contribution in [1.29, 1.82) is 0 Å². The Morgan fingerprint density at radius 1 is 1.46 bits per heavy atom. The molecule has 2 nitrogen and oxygen atoms in total. The van der Waals surface area contributed by atoms with Gasteiger partial charge in [0, 0.05) is 17.7 Å². The fourth-order valence-corrected chi connectivity index (χ4v) is 1.01. The number of aliphatic hydroxyl groups is 1. The average Bonchev–Trinajstić information content (AvgIpc) is 2.09. The molecule has 68 valence electrons. The normalized spacial score (nSPS) is 9.08. The van der Waals surface area contributed by atoms with Crippen LogP contribution >= 0.6 is 0 Å². The van der Waals surface area contributed by atoms with E-state index in [0.717, 1.165) is 11.1 Å². The van der Waals surface area contributed by atoms with Gasteiger partial charge in [-0.15, -0.1) is 0 Å². The quantitative estimate of drug-likeness (QED) is 0.499. The maximum atomic E-state index is 8.52. The van der Waals surface area contributed by atoms with Crippen LogP contribution in [0.3, 0.4) is 0 Å². The molecule has 0 aliphatic rings. The molecule has 0 heterocycles. The second-order valence-electron chi connectivity index (χ2n) is 2.87. The molecule has 13 heavy (non-hydrogen) atoms. The number of aryl methyl sites for hydroxylation is 1. The van der Waals surface area contributed by atoms with E-state index in [0.29, 0.717) is 12.1 Å². The minimum Gasteiger partial charge on any atom is -0.398 e. The van der Waals surface area contributed by atoms with Crippen LogP contribution in [0.4, 0.5) is 5.69 Å². The van der Waals surface area contributed by atoms with Crippen molar-refractivity contribution in [3.05, 3.63) is 29.3 Å². The molecule has 0 fully saturated rings. The van der Waals surface area contributed by atoms with Gasteiger partial charge in [0.15, 0.2) is 0 Å². The Labute approximate surface area is 78.4 Å². The number of nitrogen functional groups attached to an aromatic ring is 1. The second-order valence-corrected chi connectivity index (χ2v) is 2.87. The maximum absolute atomic E-state index is 8.52. The fourth-order valence-electron chi connectivity index (χ4n) is 1.01. The highest BCUT2D eigenvalue weighted by Crippen LogP contribution is 2.11. The van der Waals surface area contributed by atoms with Crippen molar-refractivity contribution in [2.24, 2.45) is 0 Å². The number of anilines is 1. The van der Waals surface area contributed by atoms with Crippen molar-refractivity contribution in [3.8, 4) is 11.8 Å². The van der Waals surface area contributed by atoms with Gasteiger partial charge >= 0.3 is 0 Å². The number of hydrogen-bond donors (Lipinski definition) is 2. The summed E-state index contributed by atoms with van der Waals surface area (Å²) in [6.45, 7) is 2.08. The topological polar surface area (TPSA) is 46.2 Å². The minimum absolute atomic E-state index is 0.0960. The van der Waals surface area contributed by atoms with E-state index in [1.54, 1.807) is 0 Å². The van der Waals surface area contributed by atoms with Crippen LogP contribution in [0.15, 0.2) is 18.2 Å². The molecule has 0 amide bonds. The predicted molar refractivity (Wildman–Crippen MR) is 54.2 cm³/mol. The lowest BCUT2D eigenvalue weighted by atomic mass is 10.1. The molecule has 3 N–H and O–H groups in total. The van der Waals surface area contributed by atoms with Crippen molar-refractivity contribution >= 4 is 5.69 Å². The van der Waals surface area contributed by atoms with Crippen LogP contribution in [-0.4, -0.2) is 11.7 Å². The zero-order valence-electron chi connectivity index (χ0n) is 7.67. The van der Waals surface area contributed by atoms with E-state index in [9.17, 15) is 0 Å². The van der Waals surface area contributed by atoms with Crippen molar-refractivity contribution in [1.82, 2.24) is 0 Å². The summed E-state index contributed by atoms with van der Waals surface area (Å²) < 4.78 is 0. The first-order valence-electron chi connectivity index (χ1n) is 4.20. The van der Waals surface area contributed by atoms with Crippen molar-refractivity contribution in [2.45, 2.75) is 13.3 Å². The number of hydrogen-bond acceptors (Lipinski definition) is 2. The van der Waals surface area contributed by atoms with E-state index in [4.69, 9.17) is 10.8 Å². The summed E-state index contributed by atoms with van der Waals surface area (Å²) >= 11 is 0. The molecular weight excluding hydrogens is 162 g/mol. The van der Waals surface area contributed by atoms with Crippen molar-refractivity contribution in [3.63, 3.8) is 0 Å². The van der Waals surface area contributed by atoms with Gasteiger partial charge in [-0.1, -0.05) is 17.9 Å². The minimum atomic E-state index is 0.0960. The fraction of sp³-hybridized carbons (Fsp3) is 0.273. The molecule has 0 spiro atoms. The summed E-state index contributed by atoms with van der Waals surface area (Å²) in [5, 5.41) is 8.52. The maximum Gasteiger partial charge on any atom is 0.0540 e. The van der Waals surface area contributed by atoms with Gasteiger partial charge in [-0.05, 0) is 24.6 Å². The number of aliphatic hydroxyl groups excluding tert-OH is 1.